The fourth-order valence-electron chi connectivity index (χ4n) is 3.35. The lowest BCUT2D eigenvalue weighted by molar-refractivity contribution is 0.102. The number of nitrogens with zero attached hydrogens (tertiary/aromatic N) is 2. The molecule has 0 saturated carbocycles. The number of sulfonamides is 1. The van der Waals surface area contributed by atoms with Crippen LogP contribution in [-0.4, -0.2) is 50.4 Å². The van der Waals surface area contributed by atoms with Gasteiger partial charge in [-0.25, -0.2) is 13.4 Å². The number of amides is 1. The van der Waals surface area contributed by atoms with E-state index in [0.717, 1.165) is 19.3 Å². The molecule has 0 radical (unpaired) electrons. The Morgan fingerprint density at radius 2 is 1.97 bits per heavy atom. The third kappa shape index (κ3) is 4.51. The smallest absolute Gasteiger partial charge is 0.255 e. The van der Waals surface area contributed by atoms with E-state index in [1.54, 1.807) is 12.1 Å². The van der Waals surface area contributed by atoms with Gasteiger partial charge < -0.3 is 14.8 Å². The van der Waals surface area contributed by atoms with Gasteiger partial charge in [0.05, 0.1) is 26.1 Å². The molecule has 8 nitrogen and oxygen atoms in total. The Bertz CT molecular complexity index is 976. The summed E-state index contributed by atoms with van der Waals surface area (Å²) in [7, 11) is -0.876. The Labute approximate surface area is 170 Å². The van der Waals surface area contributed by atoms with E-state index in [0.29, 0.717) is 18.1 Å². The van der Waals surface area contributed by atoms with Crippen LogP contribution in [0.4, 0.5) is 5.69 Å². The Morgan fingerprint density at radius 1 is 1.17 bits per heavy atom. The lowest BCUT2D eigenvalue weighted by Gasteiger charge is -2.32. The lowest BCUT2D eigenvalue weighted by atomic mass is 10.1. The molecule has 9 heteroatoms. The quantitative estimate of drug-likeness (QED) is 0.773. The van der Waals surface area contributed by atoms with E-state index in [1.807, 2.05) is 6.92 Å². The molecular formula is C20H25N3O5S. The lowest BCUT2D eigenvalue weighted by Crippen LogP contribution is -2.42. The molecule has 2 aromatic rings. The minimum absolute atomic E-state index is 0.00532. The van der Waals surface area contributed by atoms with Crippen molar-refractivity contribution >= 4 is 21.6 Å². The summed E-state index contributed by atoms with van der Waals surface area (Å²) in [6.45, 7) is 2.36. The van der Waals surface area contributed by atoms with Crippen molar-refractivity contribution in [3.63, 3.8) is 0 Å². The predicted molar refractivity (Wildman–Crippen MR) is 109 cm³/mol. The van der Waals surface area contributed by atoms with E-state index in [1.165, 1.54) is 42.9 Å². The van der Waals surface area contributed by atoms with Crippen molar-refractivity contribution in [2.24, 2.45) is 0 Å². The molecule has 1 saturated heterocycles. The zero-order valence-corrected chi connectivity index (χ0v) is 17.5. The summed E-state index contributed by atoms with van der Waals surface area (Å²) in [5, 5.41) is 2.71. The molecule has 156 valence electrons. The monoisotopic (exact) mass is 419 g/mol. The highest BCUT2D eigenvalue weighted by atomic mass is 32.2. The number of hydrogen-bond donors (Lipinski definition) is 1. The number of rotatable bonds is 6. The summed E-state index contributed by atoms with van der Waals surface area (Å²) in [4.78, 5) is 16.7. The zero-order chi connectivity index (χ0) is 21.0. The van der Waals surface area contributed by atoms with Crippen molar-refractivity contribution in [2.75, 3.05) is 26.1 Å². The number of hydrogen-bond acceptors (Lipinski definition) is 6. The first-order valence-electron chi connectivity index (χ1n) is 9.38. The molecule has 0 bridgehead atoms. The normalized spacial score (nSPS) is 17.6. The molecule has 1 aromatic heterocycles. The Balaban J connectivity index is 1.90. The summed E-state index contributed by atoms with van der Waals surface area (Å²) in [6.07, 6.45) is 4.10. The Morgan fingerprint density at radius 3 is 2.59 bits per heavy atom. The maximum absolute atomic E-state index is 13.3. The van der Waals surface area contributed by atoms with Gasteiger partial charge in [0, 0.05) is 24.2 Å². The second kappa shape index (κ2) is 8.79. The fraction of sp³-hybridized carbons (Fsp3) is 0.400. The molecule has 1 atom stereocenters. The van der Waals surface area contributed by atoms with Crippen LogP contribution in [0, 0.1) is 0 Å². The number of piperidine rings is 1. The predicted octanol–water partition coefficient (Wildman–Crippen LogP) is 2.91. The van der Waals surface area contributed by atoms with Crippen molar-refractivity contribution in [1.82, 2.24) is 9.29 Å². The van der Waals surface area contributed by atoms with Gasteiger partial charge in [0.2, 0.25) is 15.9 Å². The molecule has 1 aromatic carbocycles. The number of carbonyl (C=O) groups excluding carboxylic acids is 1. The van der Waals surface area contributed by atoms with Crippen LogP contribution in [0.2, 0.25) is 0 Å². The molecule has 3 rings (SSSR count). The van der Waals surface area contributed by atoms with Crippen LogP contribution in [0.15, 0.2) is 41.4 Å². The van der Waals surface area contributed by atoms with Crippen molar-refractivity contribution in [3.8, 4) is 11.6 Å². The average Bonchev–Trinajstić information content (AvgIpc) is 2.74. The maximum Gasteiger partial charge on any atom is 0.255 e. The topological polar surface area (TPSA) is 97.8 Å². The largest absolute Gasteiger partial charge is 0.495 e. The van der Waals surface area contributed by atoms with Gasteiger partial charge in [-0.2, -0.15) is 4.31 Å². The third-order valence-electron chi connectivity index (χ3n) is 4.96. The molecule has 0 unspecified atom stereocenters. The summed E-state index contributed by atoms with van der Waals surface area (Å²) < 4.78 is 38.3. The Kier molecular flexibility index (Phi) is 6.39. The van der Waals surface area contributed by atoms with Crippen molar-refractivity contribution in [3.05, 3.63) is 42.1 Å². The van der Waals surface area contributed by atoms with Crippen molar-refractivity contribution in [1.29, 1.82) is 0 Å². The molecule has 2 heterocycles. The summed E-state index contributed by atoms with van der Waals surface area (Å²) in [5.74, 6) is 0.199. The fourth-order valence-corrected chi connectivity index (χ4v) is 5.24. The van der Waals surface area contributed by atoms with Gasteiger partial charge in [0.25, 0.3) is 5.91 Å². The number of benzene rings is 1. The highest BCUT2D eigenvalue weighted by Crippen LogP contribution is 2.32. The molecule has 0 spiro atoms. The van der Waals surface area contributed by atoms with Gasteiger partial charge >= 0.3 is 0 Å². The third-order valence-corrected chi connectivity index (χ3v) is 6.99. The molecule has 1 fully saturated rings. The summed E-state index contributed by atoms with van der Waals surface area (Å²) >= 11 is 0. The van der Waals surface area contributed by atoms with Crippen LogP contribution >= 0.6 is 0 Å². The first-order chi connectivity index (χ1) is 13.9. The van der Waals surface area contributed by atoms with Crippen molar-refractivity contribution in [2.45, 2.75) is 37.1 Å². The Hall–Kier alpha value is -2.65. The summed E-state index contributed by atoms with van der Waals surface area (Å²) in [6, 6.07) is 7.58. The molecule has 1 N–H and O–H groups in total. The second-order valence-electron chi connectivity index (χ2n) is 6.87. The van der Waals surface area contributed by atoms with Crippen LogP contribution in [0.5, 0.6) is 11.6 Å². The SMILES string of the molecule is COc1ccc(NC(=O)c2ccc(OC)c(S(=O)(=O)N3CCCC[C@@H]3C)c2)cn1. The van der Waals surface area contributed by atoms with Gasteiger partial charge in [-0.05, 0) is 44.0 Å². The first-order valence-corrected chi connectivity index (χ1v) is 10.8. The number of methoxy groups -OCH3 is 2. The van der Waals surface area contributed by atoms with Gasteiger partial charge in [0.15, 0.2) is 0 Å². The minimum Gasteiger partial charge on any atom is -0.495 e. The van der Waals surface area contributed by atoms with E-state index >= 15 is 0 Å². The van der Waals surface area contributed by atoms with E-state index < -0.39 is 15.9 Å². The molecule has 29 heavy (non-hydrogen) atoms. The van der Waals surface area contributed by atoms with Crippen LogP contribution in [-0.2, 0) is 10.0 Å². The zero-order valence-electron chi connectivity index (χ0n) is 16.7. The van der Waals surface area contributed by atoms with E-state index in [2.05, 4.69) is 10.3 Å². The number of nitrogens with one attached hydrogen (secondary N) is 1. The van der Waals surface area contributed by atoms with Crippen LogP contribution in [0.1, 0.15) is 36.5 Å². The number of carbonyl (C=O) groups is 1. The minimum atomic E-state index is -3.79. The summed E-state index contributed by atoms with van der Waals surface area (Å²) in [5.41, 5.74) is 0.686. The van der Waals surface area contributed by atoms with Gasteiger partial charge in [-0.3, -0.25) is 4.79 Å². The van der Waals surface area contributed by atoms with E-state index in [9.17, 15) is 13.2 Å². The highest BCUT2D eigenvalue weighted by molar-refractivity contribution is 7.89. The van der Waals surface area contributed by atoms with Gasteiger partial charge in [-0.15, -0.1) is 0 Å². The highest BCUT2D eigenvalue weighted by Gasteiger charge is 2.33. The number of anilines is 1. The molecular weight excluding hydrogens is 394 g/mol. The first kappa shape index (κ1) is 21.1. The number of aromatic nitrogens is 1. The molecule has 0 aliphatic carbocycles. The molecule has 1 aliphatic heterocycles. The second-order valence-corrected chi connectivity index (χ2v) is 8.73. The van der Waals surface area contributed by atoms with E-state index in [4.69, 9.17) is 9.47 Å². The van der Waals surface area contributed by atoms with Crippen molar-refractivity contribution < 1.29 is 22.7 Å². The number of ether oxygens (including phenoxy) is 2. The van der Waals surface area contributed by atoms with Gasteiger partial charge in [-0.1, -0.05) is 6.42 Å². The van der Waals surface area contributed by atoms with E-state index in [-0.39, 0.29) is 22.3 Å². The number of pyridine rings is 1. The van der Waals surface area contributed by atoms with Crippen LogP contribution in [0.3, 0.4) is 0 Å². The standard InChI is InChI=1S/C20H25N3O5S/c1-14-6-4-5-11-23(14)29(25,26)18-12-15(7-9-17(18)27-2)20(24)22-16-8-10-19(28-3)21-13-16/h7-10,12-14H,4-6,11H2,1-3H3,(H,22,24)/t14-/m0/s1. The maximum atomic E-state index is 13.3. The average molecular weight is 420 g/mol. The molecule has 1 amide bonds. The van der Waals surface area contributed by atoms with Gasteiger partial charge in [0.1, 0.15) is 10.6 Å². The molecule has 1 aliphatic rings. The van der Waals surface area contributed by atoms with Crippen LogP contribution in [0.25, 0.3) is 0 Å². The van der Waals surface area contributed by atoms with Crippen LogP contribution < -0.4 is 14.8 Å².